The lowest BCUT2D eigenvalue weighted by molar-refractivity contribution is -0.138. The number of nitrogen functional groups attached to an aromatic ring is 1. The van der Waals surface area contributed by atoms with Gasteiger partial charge in [-0.2, -0.15) is 15.1 Å². The fourth-order valence-corrected chi connectivity index (χ4v) is 5.12. The highest BCUT2D eigenvalue weighted by molar-refractivity contribution is 7.52. The van der Waals surface area contributed by atoms with Crippen LogP contribution in [0, 0.1) is 5.92 Å². The molecule has 4 atom stereocenters. The number of para-hydroxylation sites is 1. The maximum absolute atomic E-state index is 13.3. The van der Waals surface area contributed by atoms with Crippen molar-refractivity contribution in [1.29, 1.82) is 0 Å². The van der Waals surface area contributed by atoms with Crippen LogP contribution in [0.4, 0.5) is 5.95 Å². The summed E-state index contributed by atoms with van der Waals surface area (Å²) in [5.74, 6) is -0.624. The third-order valence-electron chi connectivity index (χ3n) is 5.26. The highest BCUT2D eigenvalue weighted by Gasteiger charge is 2.33. The van der Waals surface area contributed by atoms with Crippen LogP contribution in [-0.2, 0) is 13.9 Å². The Morgan fingerprint density at radius 1 is 1.32 bits per heavy atom. The Labute approximate surface area is 195 Å². The maximum Gasteiger partial charge on any atom is 0.459 e. The normalized spacial score (nSPS) is 20.2. The van der Waals surface area contributed by atoms with Crippen LogP contribution >= 0.6 is 7.75 Å². The minimum atomic E-state index is -3.98. The minimum Gasteiger partial charge on any atom is -0.480 e. The number of hydrogen-bond donors (Lipinski definition) is 3. The second-order valence-corrected chi connectivity index (χ2v) is 9.44. The van der Waals surface area contributed by atoms with Crippen molar-refractivity contribution < 1.29 is 28.3 Å². The van der Waals surface area contributed by atoms with E-state index in [9.17, 15) is 14.5 Å². The van der Waals surface area contributed by atoms with E-state index in [2.05, 4.69) is 20.0 Å². The lowest BCUT2D eigenvalue weighted by Crippen LogP contribution is -2.33. The number of rotatable bonds is 10. The van der Waals surface area contributed by atoms with Gasteiger partial charge in [-0.25, -0.2) is 9.55 Å². The number of nitrogens with one attached hydrogen (secondary N) is 1. The number of carboxylic acid groups (broad SMARTS) is 1. The molecule has 2 unspecified atom stereocenters. The first-order valence-corrected chi connectivity index (χ1v) is 12.0. The Balaban J connectivity index is 1.46. The zero-order chi connectivity index (χ0) is 24.3. The van der Waals surface area contributed by atoms with Gasteiger partial charge in [-0.05, 0) is 25.5 Å². The van der Waals surface area contributed by atoms with E-state index in [1.54, 1.807) is 36.7 Å². The molecule has 1 aromatic carbocycles. The molecule has 0 radical (unpaired) electrons. The van der Waals surface area contributed by atoms with Crippen molar-refractivity contribution in [2.75, 3.05) is 19.5 Å². The van der Waals surface area contributed by atoms with Crippen molar-refractivity contribution in [3.05, 3.63) is 48.8 Å². The van der Waals surface area contributed by atoms with E-state index in [1.165, 1.54) is 14.0 Å². The van der Waals surface area contributed by atoms with Crippen LogP contribution in [0.1, 0.15) is 19.4 Å². The molecule has 2 heterocycles. The first-order chi connectivity index (χ1) is 16.3. The molecule has 0 saturated heterocycles. The molecule has 0 spiro atoms. The van der Waals surface area contributed by atoms with Gasteiger partial charge in [0.15, 0.2) is 11.2 Å². The topological polar surface area (TPSA) is 164 Å². The Morgan fingerprint density at radius 2 is 2.09 bits per heavy atom. The average Bonchev–Trinajstić information content (AvgIpc) is 3.44. The first-order valence-electron chi connectivity index (χ1n) is 10.5. The molecular weight excluding hydrogens is 463 g/mol. The third-order valence-corrected chi connectivity index (χ3v) is 6.90. The molecule has 0 fully saturated rings. The van der Waals surface area contributed by atoms with Crippen LogP contribution in [0.15, 0.2) is 48.8 Å². The van der Waals surface area contributed by atoms with Gasteiger partial charge in [0.2, 0.25) is 11.8 Å². The van der Waals surface area contributed by atoms with Gasteiger partial charge in [0.1, 0.15) is 11.8 Å². The van der Waals surface area contributed by atoms with Crippen LogP contribution in [0.5, 0.6) is 11.6 Å². The SMILES string of the molecule is COc1nc(N)nc2c1ncn2[C@H]1C=C[C@@H](COP(=O)(NC(C)C(=O)O)Oc2ccccc2)C1. The molecule has 0 saturated carbocycles. The smallest absolute Gasteiger partial charge is 0.459 e. The van der Waals surface area contributed by atoms with Crippen LogP contribution in [0.2, 0.25) is 0 Å². The predicted octanol–water partition coefficient (Wildman–Crippen LogP) is 2.80. The van der Waals surface area contributed by atoms with E-state index in [0.717, 1.165) is 0 Å². The zero-order valence-corrected chi connectivity index (χ0v) is 19.5. The van der Waals surface area contributed by atoms with Gasteiger partial charge in [0.25, 0.3) is 0 Å². The average molecular weight is 488 g/mol. The minimum absolute atomic E-state index is 0.0452. The summed E-state index contributed by atoms with van der Waals surface area (Å²) >= 11 is 0. The van der Waals surface area contributed by atoms with Gasteiger partial charge in [0.05, 0.1) is 26.1 Å². The van der Waals surface area contributed by atoms with E-state index in [1.807, 2.05) is 16.7 Å². The number of methoxy groups -OCH3 is 1. The lowest BCUT2D eigenvalue weighted by atomic mass is 10.1. The Morgan fingerprint density at radius 3 is 2.79 bits per heavy atom. The number of imidazole rings is 1. The standard InChI is InChI=1S/C21H25N6O6P/c1-13(20(28)29)26-34(30,33-16-6-4-3-5-7-16)32-11-14-8-9-15(10-14)27-12-23-17-18(27)24-21(22)25-19(17)31-2/h3-9,12-15H,10-11H2,1-2H3,(H,26,30)(H,28,29)(H2,22,24,25)/t13?,14-,15+,34?/m1/s1. The van der Waals surface area contributed by atoms with E-state index in [4.69, 9.17) is 19.5 Å². The van der Waals surface area contributed by atoms with Crippen LogP contribution in [-0.4, -0.2) is 50.4 Å². The molecule has 4 N–H and O–H groups in total. The molecule has 1 aliphatic carbocycles. The largest absolute Gasteiger partial charge is 0.480 e. The summed E-state index contributed by atoms with van der Waals surface area (Å²) in [6, 6.07) is 7.19. The molecule has 34 heavy (non-hydrogen) atoms. The summed E-state index contributed by atoms with van der Waals surface area (Å²) in [6.45, 7) is 1.41. The number of allylic oxidation sites excluding steroid dienone is 1. The van der Waals surface area contributed by atoms with E-state index >= 15 is 0 Å². The Bertz CT molecular complexity index is 1250. The number of aliphatic carboxylic acids is 1. The summed E-state index contributed by atoms with van der Waals surface area (Å²) in [7, 11) is -2.49. The lowest BCUT2D eigenvalue weighted by Gasteiger charge is -2.23. The summed E-state index contributed by atoms with van der Waals surface area (Å²) in [6.07, 6.45) is 6.15. The van der Waals surface area contributed by atoms with E-state index in [0.29, 0.717) is 29.2 Å². The summed E-state index contributed by atoms with van der Waals surface area (Å²) in [4.78, 5) is 24.0. The monoisotopic (exact) mass is 488 g/mol. The quantitative estimate of drug-likeness (QED) is 0.284. The molecule has 0 bridgehead atoms. The predicted molar refractivity (Wildman–Crippen MR) is 123 cm³/mol. The Kier molecular flexibility index (Phi) is 6.82. The number of ether oxygens (including phenoxy) is 1. The van der Waals surface area contributed by atoms with Gasteiger partial charge < -0.3 is 24.7 Å². The molecular formula is C21H25N6O6P. The number of fused-ring (bicyclic) bond motifs is 1. The molecule has 180 valence electrons. The number of hydrogen-bond acceptors (Lipinski definition) is 9. The summed E-state index contributed by atoms with van der Waals surface area (Å²) in [5, 5.41) is 11.7. The third kappa shape index (κ3) is 5.19. The zero-order valence-electron chi connectivity index (χ0n) is 18.6. The molecule has 4 rings (SSSR count). The molecule has 3 aromatic rings. The molecule has 0 amide bonds. The molecule has 1 aliphatic rings. The molecule has 0 aliphatic heterocycles. The number of benzene rings is 1. The van der Waals surface area contributed by atoms with Crippen molar-refractivity contribution in [3.63, 3.8) is 0 Å². The summed E-state index contributed by atoms with van der Waals surface area (Å²) in [5.41, 5.74) is 6.83. The summed E-state index contributed by atoms with van der Waals surface area (Å²) < 4.78 is 31.7. The van der Waals surface area contributed by atoms with Gasteiger partial charge in [-0.3, -0.25) is 9.32 Å². The Hall–Kier alpha value is -3.47. The highest BCUT2D eigenvalue weighted by Crippen LogP contribution is 2.46. The second kappa shape index (κ2) is 9.80. The number of carbonyl (C=O) groups is 1. The van der Waals surface area contributed by atoms with Crippen molar-refractivity contribution >= 4 is 30.8 Å². The number of nitrogens with zero attached hydrogens (tertiary/aromatic N) is 4. The maximum atomic E-state index is 13.3. The van der Waals surface area contributed by atoms with E-state index in [-0.39, 0.29) is 24.5 Å². The van der Waals surface area contributed by atoms with Crippen molar-refractivity contribution in [3.8, 4) is 11.6 Å². The second-order valence-electron chi connectivity index (χ2n) is 7.75. The van der Waals surface area contributed by atoms with Crippen LogP contribution in [0.25, 0.3) is 11.2 Å². The fraction of sp³-hybridized carbons (Fsp3) is 0.333. The first kappa shape index (κ1) is 23.7. The van der Waals surface area contributed by atoms with Crippen molar-refractivity contribution in [2.45, 2.75) is 25.4 Å². The van der Waals surface area contributed by atoms with Gasteiger partial charge in [0, 0.05) is 5.92 Å². The molecule has 12 nitrogen and oxygen atoms in total. The fourth-order valence-electron chi connectivity index (χ4n) is 3.57. The van der Waals surface area contributed by atoms with Gasteiger partial charge >= 0.3 is 13.7 Å². The van der Waals surface area contributed by atoms with Gasteiger partial charge in [-0.1, -0.05) is 30.4 Å². The number of aromatic nitrogens is 4. The van der Waals surface area contributed by atoms with E-state index < -0.39 is 19.8 Å². The molecule has 2 aromatic heterocycles. The van der Waals surface area contributed by atoms with Crippen LogP contribution < -0.4 is 20.1 Å². The number of carboxylic acids is 1. The van der Waals surface area contributed by atoms with Gasteiger partial charge in [-0.15, -0.1) is 0 Å². The van der Waals surface area contributed by atoms with Crippen molar-refractivity contribution in [1.82, 2.24) is 24.6 Å². The van der Waals surface area contributed by atoms with Crippen molar-refractivity contribution in [2.24, 2.45) is 5.92 Å². The number of anilines is 1. The molecule has 13 heteroatoms. The highest BCUT2D eigenvalue weighted by atomic mass is 31.2. The van der Waals surface area contributed by atoms with Crippen LogP contribution in [0.3, 0.4) is 0 Å². The number of nitrogens with two attached hydrogens (primary N) is 1.